The maximum absolute atomic E-state index is 12.1. The highest BCUT2D eigenvalue weighted by Crippen LogP contribution is 2.22. The molecule has 1 heterocycles. The lowest BCUT2D eigenvalue weighted by Gasteiger charge is -2.08. The van der Waals surface area contributed by atoms with Crippen LogP contribution in [0.5, 0.6) is 0 Å². The number of nitrogens with zero attached hydrogens (tertiary/aromatic N) is 1. The number of amides is 1. The number of halogens is 3. The van der Waals surface area contributed by atoms with Crippen LogP contribution in [0.2, 0.25) is 0 Å². The monoisotopic (exact) mass is 375 g/mol. The van der Waals surface area contributed by atoms with Gasteiger partial charge in [0.25, 0.3) is 5.91 Å². The lowest BCUT2D eigenvalue weighted by atomic mass is 10.1. The third-order valence-electron chi connectivity index (χ3n) is 2.89. The summed E-state index contributed by atoms with van der Waals surface area (Å²) in [5.41, 5.74) is 9.28. The zero-order valence-electron chi connectivity index (χ0n) is 13.6. The summed E-state index contributed by atoms with van der Waals surface area (Å²) in [5, 5.41) is 10.4. The van der Waals surface area contributed by atoms with Crippen LogP contribution >= 0.6 is 11.3 Å². The van der Waals surface area contributed by atoms with E-state index in [1.165, 1.54) is 16.9 Å². The molecule has 25 heavy (non-hydrogen) atoms. The molecule has 0 radical (unpaired) electrons. The number of benzene rings is 1. The summed E-state index contributed by atoms with van der Waals surface area (Å²) in [6.07, 6.45) is -5.08. The van der Waals surface area contributed by atoms with Crippen molar-refractivity contribution in [2.75, 3.05) is 11.1 Å². The van der Waals surface area contributed by atoms with E-state index < -0.39 is 12.1 Å². The number of carbonyl (C=O) groups is 2. The second kappa shape index (κ2) is 7.97. The summed E-state index contributed by atoms with van der Waals surface area (Å²) in [7, 11) is 0. The molecule has 0 unspecified atom stereocenters. The second-order valence-electron chi connectivity index (χ2n) is 5.04. The van der Waals surface area contributed by atoms with Crippen molar-refractivity contribution in [1.82, 2.24) is 4.98 Å². The van der Waals surface area contributed by atoms with Gasteiger partial charge < -0.3 is 16.2 Å². The number of rotatable bonds is 2. The molecule has 0 spiro atoms. The molecule has 0 bridgehead atoms. The number of alkyl halides is 3. The molecule has 136 valence electrons. The van der Waals surface area contributed by atoms with Gasteiger partial charge in [0.05, 0.1) is 5.69 Å². The Hall–Kier alpha value is -2.62. The van der Waals surface area contributed by atoms with E-state index in [9.17, 15) is 18.0 Å². The molecule has 1 aromatic heterocycles. The minimum absolute atomic E-state index is 0.159. The van der Waals surface area contributed by atoms with Crippen molar-refractivity contribution >= 4 is 34.0 Å². The van der Waals surface area contributed by atoms with E-state index in [1.54, 1.807) is 6.92 Å². The quantitative estimate of drug-likeness (QED) is 0.745. The number of aryl methyl sites for hydroxylation is 3. The predicted molar refractivity (Wildman–Crippen MR) is 88.8 cm³/mol. The first kappa shape index (κ1) is 20.4. The topological polar surface area (TPSA) is 105 Å². The minimum atomic E-state index is -5.08. The molecule has 2 aromatic rings. The van der Waals surface area contributed by atoms with Crippen molar-refractivity contribution in [3.8, 4) is 0 Å². The number of aromatic nitrogens is 1. The van der Waals surface area contributed by atoms with Crippen molar-refractivity contribution in [2.45, 2.75) is 26.9 Å². The number of nitrogens with one attached hydrogen (secondary N) is 1. The molecule has 0 atom stereocenters. The first-order valence-corrected chi connectivity index (χ1v) is 7.65. The van der Waals surface area contributed by atoms with Gasteiger partial charge in [-0.05, 0) is 32.4 Å². The molecule has 1 aromatic carbocycles. The van der Waals surface area contributed by atoms with Crippen LogP contribution in [0.1, 0.15) is 26.5 Å². The Morgan fingerprint density at radius 2 is 1.80 bits per heavy atom. The van der Waals surface area contributed by atoms with Crippen LogP contribution in [0.15, 0.2) is 18.2 Å². The van der Waals surface area contributed by atoms with Gasteiger partial charge in [-0.25, -0.2) is 9.78 Å². The van der Waals surface area contributed by atoms with Gasteiger partial charge in [-0.3, -0.25) is 4.79 Å². The highest BCUT2D eigenvalue weighted by atomic mass is 32.1. The first-order valence-electron chi connectivity index (χ1n) is 6.83. The number of nitrogen functional groups attached to an aromatic ring is 1. The fraction of sp³-hybridized carbons (Fsp3) is 0.267. The molecule has 6 nitrogen and oxygen atoms in total. The van der Waals surface area contributed by atoms with Crippen LogP contribution in [0, 0.1) is 20.8 Å². The van der Waals surface area contributed by atoms with E-state index in [0.717, 1.165) is 11.3 Å². The van der Waals surface area contributed by atoms with Gasteiger partial charge in [-0.15, -0.1) is 0 Å². The molecule has 0 saturated carbocycles. The van der Waals surface area contributed by atoms with E-state index in [-0.39, 0.29) is 5.91 Å². The van der Waals surface area contributed by atoms with Crippen LogP contribution in [0.4, 0.5) is 24.0 Å². The standard InChI is InChI=1S/C13H15N3OS.C2HF3O2/c1-7-4-5-10(8(2)6-7)16-12(17)11-9(3)15-13(14)18-11;3-2(4,5)1(6)7/h4-6H,1-3H3,(H2,14,15)(H,16,17);(H,6,7). The largest absolute Gasteiger partial charge is 0.490 e. The third-order valence-corrected chi connectivity index (χ3v) is 3.88. The Morgan fingerprint density at radius 3 is 2.20 bits per heavy atom. The molecule has 1 amide bonds. The van der Waals surface area contributed by atoms with Gasteiger partial charge in [-0.1, -0.05) is 29.0 Å². The Balaban J connectivity index is 0.000000381. The van der Waals surface area contributed by atoms with Gasteiger partial charge in [0.15, 0.2) is 5.13 Å². The summed E-state index contributed by atoms with van der Waals surface area (Å²) in [4.78, 5) is 25.6. The highest BCUT2D eigenvalue weighted by Gasteiger charge is 2.38. The molecular formula is C15H16F3N3O3S. The van der Waals surface area contributed by atoms with Crippen LogP contribution in [0.3, 0.4) is 0 Å². The number of aliphatic carboxylic acids is 1. The highest BCUT2D eigenvalue weighted by molar-refractivity contribution is 7.17. The van der Waals surface area contributed by atoms with E-state index in [1.807, 2.05) is 32.0 Å². The van der Waals surface area contributed by atoms with Gasteiger partial charge >= 0.3 is 12.1 Å². The van der Waals surface area contributed by atoms with Crippen LogP contribution < -0.4 is 11.1 Å². The first-order chi connectivity index (χ1) is 11.4. The third kappa shape index (κ3) is 6.07. The maximum Gasteiger partial charge on any atom is 0.490 e. The fourth-order valence-electron chi connectivity index (χ4n) is 1.76. The van der Waals surface area contributed by atoms with Crippen molar-refractivity contribution in [2.24, 2.45) is 0 Å². The van der Waals surface area contributed by atoms with Crippen molar-refractivity contribution < 1.29 is 27.9 Å². The number of carboxylic acids is 1. The SMILES string of the molecule is Cc1ccc(NC(=O)c2sc(N)nc2C)c(C)c1.O=C(O)C(F)(F)F. The number of carboxylic acid groups (broad SMARTS) is 1. The Labute approximate surface area is 145 Å². The molecule has 0 saturated heterocycles. The Morgan fingerprint density at radius 1 is 1.24 bits per heavy atom. The smallest absolute Gasteiger partial charge is 0.475 e. The van der Waals surface area contributed by atoms with Crippen LogP contribution in [-0.4, -0.2) is 28.1 Å². The number of carbonyl (C=O) groups excluding carboxylic acids is 1. The van der Waals surface area contributed by atoms with Crippen molar-refractivity contribution in [3.63, 3.8) is 0 Å². The van der Waals surface area contributed by atoms with E-state index in [0.29, 0.717) is 15.7 Å². The molecule has 0 aliphatic rings. The van der Waals surface area contributed by atoms with Crippen LogP contribution in [0.25, 0.3) is 0 Å². The number of thiazole rings is 1. The Bertz CT molecular complexity index is 788. The molecule has 0 aliphatic heterocycles. The zero-order valence-corrected chi connectivity index (χ0v) is 14.4. The maximum atomic E-state index is 12.1. The average Bonchev–Trinajstić information content (AvgIpc) is 2.80. The Kier molecular flexibility index (Phi) is 6.51. The summed E-state index contributed by atoms with van der Waals surface area (Å²) in [5.74, 6) is -2.92. The van der Waals surface area contributed by atoms with E-state index >= 15 is 0 Å². The summed E-state index contributed by atoms with van der Waals surface area (Å²) in [6, 6.07) is 5.91. The lowest BCUT2D eigenvalue weighted by molar-refractivity contribution is -0.192. The number of hydrogen-bond acceptors (Lipinski definition) is 5. The van der Waals surface area contributed by atoms with Gasteiger partial charge in [-0.2, -0.15) is 13.2 Å². The number of nitrogens with two attached hydrogens (primary N) is 1. The van der Waals surface area contributed by atoms with E-state index in [2.05, 4.69) is 10.3 Å². The number of anilines is 2. The van der Waals surface area contributed by atoms with E-state index in [4.69, 9.17) is 15.6 Å². The minimum Gasteiger partial charge on any atom is -0.475 e. The summed E-state index contributed by atoms with van der Waals surface area (Å²) in [6.45, 7) is 5.77. The molecule has 0 aliphatic carbocycles. The van der Waals surface area contributed by atoms with Gasteiger partial charge in [0.2, 0.25) is 0 Å². The summed E-state index contributed by atoms with van der Waals surface area (Å²) >= 11 is 1.21. The fourth-order valence-corrected chi connectivity index (χ4v) is 2.49. The summed E-state index contributed by atoms with van der Waals surface area (Å²) < 4.78 is 31.7. The lowest BCUT2D eigenvalue weighted by Crippen LogP contribution is -2.21. The molecular weight excluding hydrogens is 359 g/mol. The zero-order chi connectivity index (χ0) is 19.4. The van der Waals surface area contributed by atoms with Gasteiger partial charge in [0, 0.05) is 5.69 Å². The van der Waals surface area contributed by atoms with Crippen LogP contribution in [-0.2, 0) is 4.79 Å². The van der Waals surface area contributed by atoms with Crippen molar-refractivity contribution in [1.29, 1.82) is 0 Å². The molecule has 4 N–H and O–H groups in total. The molecule has 10 heteroatoms. The number of hydrogen-bond donors (Lipinski definition) is 3. The van der Waals surface area contributed by atoms with Crippen molar-refractivity contribution in [3.05, 3.63) is 39.9 Å². The molecule has 0 fully saturated rings. The molecule has 2 rings (SSSR count). The second-order valence-corrected chi connectivity index (χ2v) is 6.07. The van der Waals surface area contributed by atoms with Gasteiger partial charge in [0.1, 0.15) is 4.88 Å². The average molecular weight is 375 g/mol. The predicted octanol–water partition coefficient (Wildman–Crippen LogP) is 3.54. The normalized spacial score (nSPS) is 10.6.